The largest absolute Gasteiger partial charge is 0.321 e. The van der Waals surface area contributed by atoms with E-state index in [1.165, 1.54) is 39.2 Å². The second-order valence-corrected chi connectivity index (χ2v) is 6.88. The average molecular weight is 353 g/mol. The van der Waals surface area contributed by atoms with E-state index < -0.39 is 11.9 Å². The summed E-state index contributed by atoms with van der Waals surface area (Å²) in [6, 6.07) is 7.37. The van der Waals surface area contributed by atoms with Gasteiger partial charge in [-0.25, -0.2) is 4.68 Å². The summed E-state index contributed by atoms with van der Waals surface area (Å²) in [5.41, 5.74) is 1.68. The maximum atomic E-state index is 14.1. The van der Waals surface area contributed by atoms with Crippen molar-refractivity contribution in [2.75, 3.05) is 5.32 Å². The van der Waals surface area contributed by atoms with E-state index in [1.54, 1.807) is 13.0 Å². The van der Waals surface area contributed by atoms with Gasteiger partial charge in [-0.3, -0.25) is 4.79 Å². The number of aromatic nitrogens is 2. The highest BCUT2D eigenvalue weighted by Gasteiger charge is 2.21. The molecule has 4 nitrogen and oxygen atoms in total. The summed E-state index contributed by atoms with van der Waals surface area (Å²) in [4.78, 5) is 12.5. The lowest BCUT2D eigenvalue weighted by molar-refractivity contribution is 0.102. The molecular formula is C21H24FN3O. The predicted octanol–water partition coefficient (Wildman–Crippen LogP) is 4.44. The number of hydrogen-bond acceptors (Lipinski definition) is 2. The number of hydrogen-bond donors (Lipinski definition) is 1. The van der Waals surface area contributed by atoms with Crippen LogP contribution in [0.2, 0.25) is 0 Å². The van der Waals surface area contributed by atoms with Crippen LogP contribution in [-0.4, -0.2) is 15.7 Å². The molecule has 1 aromatic heterocycles. The summed E-state index contributed by atoms with van der Waals surface area (Å²) in [6.07, 6.45) is 7.34. The minimum absolute atomic E-state index is 0.0301. The number of aryl methyl sites for hydroxylation is 2. The zero-order valence-electron chi connectivity index (χ0n) is 15.3. The summed E-state index contributed by atoms with van der Waals surface area (Å²) < 4.78 is 15.2. The number of para-hydroxylation sites is 1. The van der Waals surface area contributed by atoms with Gasteiger partial charge in [0.2, 0.25) is 5.95 Å². The minimum atomic E-state index is -0.638. The second kappa shape index (κ2) is 8.18. The number of carbonyl (C=O) groups is 1. The molecule has 0 spiro atoms. The monoisotopic (exact) mass is 353 g/mol. The van der Waals surface area contributed by atoms with Gasteiger partial charge in [-0.15, -0.1) is 0 Å². The molecule has 5 heteroatoms. The molecule has 136 valence electrons. The molecule has 1 aliphatic carbocycles. The first kappa shape index (κ1) is 18.2. The number of benzene rings is 1. The van der Waals surface area contributed by atoms with Crippen molar-refractivity contribution in [1.82, 2.24) is 9.78 Å². The van der Waals surface area contributed by atoms with Crippen LogP contribution >= 0.6 is 0 Å². The van der Waals surface area contributed by atoms with Crippen LogP contribution in [0.3, 0.4) is 0 Å². The first-order valence-corrected chi connectivity index (χ1v) is 9.14. The van der Waals surface area contributed by atoms with Crippen LogP contribution in [0.5, 0.6) is 0 Å². The minimum Gasteiger partial charge on any atom is -0.321 e. The van der Waals surface area contributed by atoms with Gasteiger partial charge in [0, 0.05) is 19.0 Å². The summed E-state index contributed by atoms with van der Waals surface area (Å²) in [5.74, 6) is 5.97. The normalized spacial score (nSPS) is 14.6. The quantitative estimate of drug-likeness (QED) is 0.829. The summed E-state index contributed by atoms with van der Waals surface area (Å²) >= 11 is 0. The Morgan fingerprint density at radius 2 is 2.04 bits per heavy atom. The Hall–Kier alpha value is -2.61. The standard InChI is InChI=1S/C21H24FN3O/c1-15-19(20(22)25(2)24-15)21(26)23-18-14-7-6-12-17(18)13-8-11-16-9-4-3-5-10-16/h6-7,12,14,16H,3-5,9-11H2,1-2H3,(H,23,26). The molecule has 3 rings (SSSR count). The van der Waals surface area contributed by atoms with Crippen molar-refractivity contribution >= 4 is 11.6 Å². The highest BCUT2D eigenvalue weighted by Crippen LogP contribution is 2.26. The number of carbonyl (C=O) groups excluding carboxylic acids is 1. The Bertz CT molecular complexity index is 854. The fourth-order valence-corrected chi connectivity index (χ4v) is 3.46. The number of amides is 1. The third-order valence-electron chi connectivity index (χ3n) is 4.89. The van der Waals surface area contributed by atoms with Crippen LogP contribution in [-0.2, 0) is 7.05 Å². The summed E-state index contributed by atoms with van der Waals surface area (Å²) in [5, 5.41) is 6.73. The van der Waals surface area contributed by atoms with E-state index in [2.05, 4.69) is 22.3 Å². The van der Waals surface area contributed by atoms with Crippen molar-refractivity contribution in [3.05, 3.63) is 47.0 Å². The second-order valence-electron chi connectivity index (χ2n) is 6.88. The van der Waals surface area contributed by atoms with Crippen molar-refractivity contribution in [2.24, 2.45) is 13.0 Å². The van der Waals surface area contributed by atoms with Gasteiger partial charge in [0.1, 0.15) is 5.56 Å². The van der Waals surface area contributed by atoms with E-state index in [0.29, 0.717) is 17.3 Å². The zero-order valence-corrected chi connectivity index (χ0v) is 15.3. The van der Waals surface area contributed by atoms with Crippen LogP contribution in [0, 0.1) is 30.6 Å². The molecule has 0 saturated heterocycles. The van der Waals surface area contributed by atoms with Gasteiger partial charge in [0.25, 0.3) is 5.91 Å². The Kier molecular flexibility index (Phi) is 5.72. The SMILES string of the molecule is Cc1nn(C)c(F)c1C(=O)Nc1ccccc1C#CCC1CCCCC1. The Morgan fingerprint density at radius 3 is 2.73 bits per heavy atom. The Balaban J connectivity index is 1.74. The van der Waals surface area contributed by atoms with Gasteiger partial charge >= 0.3 is 0 Å². The summed E-state index contributed by atoms with van der Waals surface area (Å²) in [7, 11) is 1.48. The maximum Gasteiger partial charge on any atom is 0.262 e. The van der Waals surface area contributed by atoms with Crippen LogP contribution in [0.4, 0.5) is 10.1 Å². The molecule has 0 atom stereocenters. The van der Waals surface area contributed by atoms with Gasteiger partial charge in [-0.1, -0.05) is 43.2 Å². The molecule has 1 saturated carbocycles. The van der Waals surface area contributed by atoms with Crippen molar-refractivity contribution in [2.45, 2.75) is 45.4 Å². The molecule has 1 amide bonds. The first-order chi connectivity index (χ1) is 12.6. The molecular weight excluding hydrogens is 329 g/mol. The van der Waals surface area contributed by atoms with Crippen LogP contribution in [0.25, 0.3) is 0 Å². The third kappa shape index (κ3) is 4.13. The van der Waals surface area contributed by atoms with Gasteiger partial charge < -0.3 is 5.32 Å². The van der Waals surface area contributed by atoms with E-state index in [1.807, 2.05) is 18.2 Å². The lowest BCUT2D eigenvalue weighted by atomic mass is 9.87. The summed E-state index contributed by atoms with van der Waals surface area (Å²) in [6.45, 7) is 1.62. The molecule has 0 radical (unpaired) electrons. The van der Waals surface area contributed by atoms with Crippen molar-refractivity contribution < 1.29 is 9.18 Å². The molecule has 1 aromatic carbocycles. The molecule has 0 aliphatic heterocycles. The lowest BCUT2D eigenvalue weighted by Crippen LogP contribution is -2.15. The third-order valence-corrected chi connectivity index (χ3v) is 4.89. The molecule has 1 fully saturated rings. The number of anilines is 1. The molecule has 26 heavy (non-hydrogen) atoms. The van der Waals surface area contributed by atoms with Crippen molar-refractivity contribution in [3.63, 3.8) is 0 Å². The number of rotatable bonds is 3. The fraction of sp³-hybridized carbons (Fsp3) is 0.429. The molecule has 1 N–H and O–H groups in total. The van der Waals surface area contributed by atoms with E-state index >= 15 is 0 Å². The van der Waals surface area contributed by atoms with Gasteiger partial charge in [0.15, 0.2) is 0 Å². The van der Waals surface area contributed by atoms with E-state index in [4.69, 9.17) is 0 Å². The molecule has 0 unspecified atom stereocenters. The molecule has 2 aromatic rings. The van der Waals surface area contributed by atoms with Gasteiger partial charge in [0.05, 0.1) is 11.4 Å². The van der Waals surface area contributed by atoms with Crippen molar-refractivity contribution in [3.8, 4) is 11.8 Å². The average Bonchev–Trinajstić information content (AvgIpc) is 2.89. The number of nitrogens with zero attached hydrogens (tertiary/aromatic N) is 2. The number of halogens is 1. The van der Waals surface area contributed by atoms with Crippen LogP contribution < -0.4 is 5.32 Å². The van der Waals surface area contributed by atoms with Crippen LogP contribution in [0.1, 0.15) is 60.1 Å². The number of nitrogens with one attached hydrogen (secondary N) is 1. The first-order valence-electron chi connectivity index (χ1n) is 9.14. The lowest BCUT2D eigenvalue weighted by Gasteiger charge is -2.18. The smallest absolute Gasteiger partial charge is 0.262 e. The highest BCUT2D eigenvalue weighted by atomic mass is 19.1. The maximum absolute atomic E-state index is 14.1. The van der Waals surface area contributed by atoms with E-state index in [9.17, 15) is 9.18 Å². The fourth-order valence-electron chi connectivity index (χ4n) is 3.46. The van der Waals surface area contributed by atoms with Gasteiger partial charge in [-0.05, 0) is 37.8 Å². The van der Waals surface area contributed by atoms with E-state index in [0.717, 1.165) is 16.7 Å². The Morgan fingerprint density at radius 1 is 1.31 bits per heavy atom. The topological polar surface area (TPSA) is 46.9 Å². The molecule has 1 aliphatic rings. The predicted molar refractivity (Wildman–Crippen MR) is 100 cm³/mol. The molecule has 0 bridgehead atoms. The zero-order chi connectivity index (χ0) is 18.5. The van der Waals surface area contributed by atoms with Crippen molar-refractivity contribution in [1.29, 1.82) is 0 Å². The Labute approximate surface area is 153 Å². The molecule has 1 heterocycles. The van der Waals surface area contributed by atoms with Crippen LogP contribution in [0.15, 0.2) is 24.3 Å². The van der Waals surface area contributed by atoms with E-state index in [-0.39, 0.29) is 5.56 Å². The van der Waals surface area contributed by atoms with Gasteiger partial charge in [-0.2, -0.15) is 9.49 Å². The highest BCUT2D eigenvalue weighted by molar-refractivity contribution is 6.05.